The van der Waals surface area contributed by atoms with Gasteiger partial charge in [0.2, 0.25) is 5.91 Å². The first-order chi connectivity index (χ1) is 10.3. The molecular weight excluding hydrogens is 329 g/mol. The maximum absolute atomic E-state index is 12.5. The van der Waals surface area contributed by atoms with Crippen molar-refractivity contribution in [1.82, 2.24) is 10.3 Å². The van der Waals surface area contributed by atoms with Crippen molar-refractivity contribution >= 4 is 22.4 Å². The molecule has 1 aliphatic rings. The van der Waals surface area contributed by atoms with Gasteiger partial charge in [-0.25, -0.2) is 13.8 Å². The van der Waals surface area contributed by atoms with Gasteiger partial charge in [0.15, 0.2) is 10.8 Å². The lowest BCUT2D eigenvalue weighted by Crippen LogP contribution is -2.44. The molecule has 1 aromatic heterocycles. The molecule has 0 saturated carbocycles. The first kappa shape index (κ1) is 16.9. The van der Waals surface area contributed by atoms with Crippen molar-refractivity contribution in [3.63, 3.8) is 0 Å². The monoisotopic (exact) mass is 343 g/mol. The lowest BCUT2D eigenvalue weighted by Gasteiger charge is -2.31. The Balaban J connectivity index is 1.98. The summed E-state index contributed by atoms with van der Waals surface area (Å²) in [6, 6.07) is 0. The summed E-state index contributed by atoms with van der Waals surface area (Å²) in [7, 11) is 0. The topological polar surface area (TPSA) is 45.2 Å². The molecule has 10 heteroatoms. The van der Waals surface area contributed by atoms with Crippen LogP contribution in [0.3, 0.4) is 0 Å². The molecule has 0 aliphatic carbocycles. The molecule has 0 radical (unpaired) electrons. The number of alkyl halides is 5. The van der Waals surface area contributed by atoms with E-state index in [1.54, 1.807) is 4.90 Å². The van der Waals surface area contributed by atoms with Crippen molar-refractivity contribution in [2.24, 2.45) is 5.92 Å². The smallest absolute Gasteiger partial charge is 0.350 e. The molecule has 1 fully saturated rings. The second kappa shape index (κ2) is 6.76. The van der Waals surface area contributed by atoms with E-state index in [0.29, 0.717) is 19.4 Å². The number of nitrogens with zero attached hydrogens (tertiary/aromatic N) is 2. The number of hydrogen-bond acceptors (Lipinski definition) is 4. The highest BCUT2D eigenvalue weighted by Gasteiger charge is 2.35. The van der Waals surface area contributed by atoms with Crippen LogP contribution in [0.15, 0.2) is 5.38 Å². The summed E-state index contributed by atoms with van der Waals surface area (Å²) < 4.78 is 61.8. The van der Waals surface area contributed by atoms with Crippen LogP contribution in [-0.2, 0) is 11.0 Å². The Hall–Kier alpha value is -1.45. The van der Waals surface area contributed by atoms with Gasteiger partial charge in [0, 0.05) is 18.5 Å². The second-order valence-corrected chi connectivity index (χ2v) is 5.77. The minimum atomic E-state index is -4.50. The highest BCUT2D eigenvalue weighted by Crippen LogP contribution is 2.34. The largest absolute Gasteiger partial charge is 0.434 e. The summed E-state index contributed by atoms with van der Waals surface area (Å²) in [5.74, 6) is -1.02. The van der Waals surface area contributed by atoms with Crippen LogP contribution in [0.2, 0.25) is 0 Å². The number of carbonyl (C=O) groups excluding carboxylic acids is 1. The average Bonchev–Trinajstić information content (AvgIpc) is 2.94. The predicted octanol–water partition coefficient (Wildman–Crippen LogP) is 2.76. The maximum atomic E-state index is 12.5. The Labute approximate surface area is 127 Å². The molecule has 22 heavy (non-hydrogen) atoms. The Kier molecular flexibility index (Phi) is 5.20. The third-order valence-electron chi connectivity index (χ3n) is 3.28. The normalized spacial score (nSPS) is 19.5. The number of amides is 1. The number of aromatic nitrogens is 1. The molecule has 1 amide bonds. The molecule has 0 spiro atoms. The minimum absolute atomic E-state index is 0.180. The van der Waals surface area contributed by atoms with Crippen molar-refractivity contribution in [2.75, 3.05) is 24.5 Å². The van der Waals surface area contributed by atoms with Gasteiger partial charge in [0.1, 0.15) is 0 Å². The van der Waals surface area contributed by atoms with E-state index in [1.165, 1.54) is 0 Å². The molecule has 0 aromatic carbocycles. The number of carbonyl (C=O) groups is 1. The van der Waals surface area contributed by atoms with E-state index >= 15 is 0 Å². The standard InChI is InChI=1S/C12H14F5N3OS/c13-9(14)4-18-10(21)7-2-1-3-20(5-7)11-19-8(6-22-11)12(15,16)17/h6-7,9H,1-5H2,(H,18,21). The van der Waals surface area contributed by atoms with E-state index in [0.717, 1.165) is 16.7 Å². The first-order valence-corrected chi connectivity index (χ1v) is 7.49. The number of anilines is 1. The zero-order valence-corrected chi connectivity index (χ0v) is 12.2. The van der Waals surface area contributed by atoms with Crippen LogP contribution < -0.4 is 10.2 Å². The Morgan fingerprint density at radius 2 is 2.23 bits per heavy atom. The first-order valence-electron chi connectivity index (χ1n) is 6.61. The highest BCUT2D eigenvalue weighted by atomic mass is 32.1. The zero-order valence-electron chi connectivity index (χ0n) is 11.4. The molecule has 2 rings (SSSR count). The number of nitrogens with one attached hydrogen (secondary N) is 1. The lowest BCUT2D eigenvalue weighted by atomic mass is 9.97. The van der Waals surface area contributed by atoms with Crippen molar-refractivity contribution in [2.45, 2.75) is 25.4 Å². The number of thiazole rings is 1. The quantitative estimate of drug-likeness (QED) is 0.855. The van der Waals surface area contributed by atoms with Crippen LogP contribution in [0.25, 0.3) is 0 Å². The van der Waals surface area contributed by atoms with Crippen LogP contribution in [0.5, 0.6) is 0 Å². The van der Waals surface area contributed by atoms with Crippen LogP contribution in [0, 0.1) is 5.92 Å². The average molecular weight is 343 g/mol. The molecule has 1 aromatic rings. The zero-order chi connectivity index (χ0) is 16.3. The maximum Gasteiger partial charge on any atom is 0.434 e. The lowest BCUT2D eigenvalue weighted by molar-refractivity contribution is -0.140. The van der Waals surface area contributed by atoms with Gasteiger partial charge in [-0.1, -0.05) is 0 Å². The van der Waals surface area contributed by atoms with Gasteiger partial charge in [-0.15, -0.1) is 11.3 Å². The summed E-state index contributed by atoms with van der Waals surface area (Å²) in [6.07, 6.45) is -6.02. The van der Waals surface area contributed by atoms with Crippen LogP contribution >= 0.6 is 11.3 Å². The Bertz CT molecular complexity index is 519. The number of hydrogen-bond donors (Lipinski definition) is 1. The van der Waals surface area contributed by atoms with Crippen molar-refractivity contribution < 1.29 is 26.7 Å². The molecule has 2 heterocycles. The van der Waals surface area contributed by atoms with Gasteiger partial charge in [-0.2, -0.15) is 13.2 Å². The SMILES string of the molecule is O=C(NCC(F)F)C1CCCN(c2nc(C(F)(F)F)cs2)C1. The van der Waals surface area contributed by atoms with Crippen LogP contribution in [0.1, 0.15) is 18.5 Å². The van der Waals surface area contributed by atoms with E-state index in [4.69, 9.17) is 0 Å². The van der Waals surface area contributed by atoms with E-state index < -0.39 is 36.7 Å². The van der Waals surface area contributed by atoms with Gasteiger partial charge in [0.05, 0.1) is 12.5 Å². The van der Waals surface area contributed by atoms with E-state index in [2.05, 4.69) is 10.3 Å². The van der Waals surface area contributed by atoms with Crippen LogP contribution in [-0.4, -0.2) is 37.0 Å². The summed E-state index contributed by atoms with van der Waals surface area (Å²) >= 11 is 0.858. The third kappa shape index (κ3) is 4.28. The molecule has 1 atom stereocenters. The van der Waals surface area contributed by atoms with Crippen LogP contribution in [0.4, 0.5) is 27.1 Å². The molecule has 1 aliphatic heterocycles. The van der Waals surface area contributed by atoms with Crippen molar-refractivity contribution in [1.29, 1.82) is 0 Å². The summed E-state index contributed by atoms with van der Waals surface area (Å²) in [5, 5.41) is 3.26. The molecule has 1 N–H and O–H groups in total. The summed E-state index contributed by atoms with van der Waals surface area (Å²) in [5.41, 5.74) is -0.961. The van der Waals surface area contributed by atoms with E-state index in [9.17, 15) is 26.7 Å². The highest BCUT2D eigenvalue weighted by molar-refractivity contribution is 7.13. The molecular formula is C12H14F5N3OS. The number of rotatable bonds is 4. The van der Waals surface area contributed by atoms with Crippen molar-refractivity contribution in [3.8, 4) is 0 Å². The summed E-state index contributed by atoms with van der Waals surface area (Å²) in [6.45, 7) is -0.0475. The fourth-order valence-electron chi connectivity index (χ4n) is 2.23. The predicted molar refractivity (Wildman–Crippen MR) is 71.1 cm³/mol. The second-order valence-electron chi connectivity index (χ2n) is 4.93. The fourth-order valence-corrected chi connectivity index (χ4v) is 3.10. The van der Waals surface area contributed by atoms with Gasteiger partial charge < -0.3 is 10.2 Å². The molecule has 4 nitrogen and oxygen atoms in total. The van der Waals surface area contributed by atoms with Gasteiger partial charge in [-0.3, -0.25) is 4.79 Å². The van der Waals surface area contributed by atoms with E-state index in [-0.39, 0.29) is 11.7 Å². The number of halogens is 5. The van der Waals surface area contributed by atoms with Gasteiger partial charge in [-0.05, 0) is 12.8 Å². The Morgan fingerprint density at radius 3 is 2.82 bits per heavy atom. The van der Waals surface area contributed by atoms with Gasteiger partial charge >= 0.3 is 6.18 Å². The molecule has 1 saturated heterocycles. The van der Waals surface area contributed by atoms with Gasteiger partial charge in [0.25, 0.3) is 6.43 Å². The minimum Gasteiger partial charge on any atom is -0.350 e. The third-order valence-corrected chi connectivity index (χ3v) is 4.18. The molecule has 1 unspecified atom stereocenters. The number of piperidine rings is 1. The summed E-state index contributed by atoms with van der Waals surface area (Å²) in [4.78, 5) is 16.9. The van der Waals surface area contributed by atoms with Crippen molar-refractivity contribution in [3.05, 3.63) is 11.1 Å². The molecule has 0 bridgehead atoms. The Morgan fingerprint density at radius 1 is 1.50 bits per heavy atom. The van der Waals surface area contributed by atoms with E-state index in [1.807, 2.05) is 0 Å². The molecule has 124 valence electrons. The fraction of sp³-hybridized carbons (Fsp3) is 0.667.